The van der Waals surface area contributed by atoms with Crippen LogP contribution in [0.3, 0.4) is 0 Å². The van der Waals surface area contributed by atoms with Crippen LogP contribution in [0.1, 0.15) is 31.4 Å². The number of aromatic nitrogens is 1. The average molecular weight is 389 g/mol. The Morgan fingerprint density at radius 1 is 1.25 bits per heavy atom. The smallest absolute Gasteiger partial charge is 0.165 e. The number of quaternary nitrogens is 1. The van der Waals surface area contributed by atoms with Crippen molar-refractivity contribution in [2.75, 3.05) is 33.3 Å². The number of oxime groups is 1. The second-order valence-electron chi connectivity index (χ2n) is 5.53. The lowest BCUT2D eigenvalue weighted by Crippen LogP contribution is -3.00. The molecule has 0 saturated carbocycles. The van der Waals surface area contributed by atoms with Crippen LogP contribution in [0, 0.1) is 0 Å². The van der Waals surface area contributed by atoms with E-state index in [2.05, 4.69) is 17.2 Å². The Balaban J connectivity index is 0.00000200. The Morgan fingerprint density at radius 3 is 2.65 bits per heavy atom. The molecule has 1 aliphatic heterocycles. The Bertz CT molecular complexity index is 389. The van der Waals surface area contributed by atoms with Gasteiger partial charge in [0, 0.05) is 6.20 Å². The second kappa shape index (κ2) is 9.28. The van der Waals surface area contributed by atoms with Gasteiger partial charge in [-0.3, -0.25) is 4.98 Å². The molecular formula is C15H24IN3O. The molecule has 0 atom stereocenters. The lowest BCUT2D eigenvalue weighted by molar-refractivity contribution is -0.909. The van der Waals surface area contributed by atoms with Crippen molar-refractivity contribution < 1.29 is 33.3 Å². The Kier molecular flexibility index (Phi) is 8.06. The Labute approximate surface area is 138 Å². The molecule has 0 aromatic carbocycles. The summed E-state index contributed by atoms with van der Waals surface area (Å²) < 4.78 is 1.12. The number of likely N-dealkylation sites (N-methyl/N-ethyl adjacent to an activating group) is 1. The fourth-order valence-corrected chi connectivity index (χ4v) is 2.53. The summed E-state index contributed by atoms with van der Waals surface area (Å²) in [4.78, 5) is 9.52. The van der Waals surface area contributed by atoms with E-state index in [9.17, 15) is 0 Å². The molecule has 20 heavy (non-hydrogen) atoms. The number of nitrogens with zero attached hydrogens (tertiary/aromatic N) is 3. The van der Waals surface area contributed by atoms with Crippen molar-refractivity contribution in [3.05, 3.63) is 30.1 Å². The summed E-state index contributed by atoms with van der Waals surface area (Å²) in [6, 6.07) is 5.75. The molecule has 2 heterocycles. The van der Waals surface area contributed by atoms with Gasteiger partial charge in [0.2, 0.25) is 0 Å². The zero-order valence-electron chi connectivity index (χ0n) is 12.2. The van der Waals surface area contributed by atoms with E-state index in [1.165, 1.54) is 38.8 Å². The summed E-state index contributed by atoms with van der Waals surface area (Å²) in [6.07, 6.45) is 8.87. The van der Waals surface area contributed by atoms with Crippen molar-refractivity contribution in [3.8, 4) is 0 Å². The normalized spacial score (nSPS) is 18.2. The topological polar surface area (TPSA) is 34.5 Å². The molecular weight excluding hydrogens is 365 g/mol. The number of rotatable bonds is 5. The third kappa shape index (κ3) is 6.17. The molecule has 5 heteroatoms. The van der Waals surface area contributed by atoms with Crippen LogP contribution in [0.5, 0.6) is 0 Å². The molecule has 1 fully saturated rings. The summed E-state index contributed by atoms with van der Waals surface area (Å²) in [7, 11) is 2.33. The van der Waals surface area contributed by atoms with Gasteiger partial charge in [-0.15, -0.1) is 0 Å². The molecule has 1 saturated heterocycles. The number of pyridine rings is 1. The molecule has 0 radical (unpaired) electrons. The predicted octanol–water partition coefficient (Wildman–Crippen LogP) is -0.543. The lowest BCUT2D eigenvalue weighted by atomic mass is 10.2. The predicted molar refractivity (Wildman–Crippen MR) is 77.0 cm³/mol. The van der Waals surface area contributed by atoms with Crippen LogP contribution in [-0.4, -0.2) is 49.0 Å². The molecule has 0 unspecified atom stereocenters. The van der Waals surface area contributed by atoms with Gasteiger partial charge in [-0.05, 0) is 37.8 Å². The maximum absolute atomic E-state index is 5.36. The SMILES string of the molecule is C[N+]1(CCO/N=C/c2ccccn2)CCCCCC1.[I-]. The third-order valence-electron chi connectivity index (χ3n) is 3.82. The maximum atomic E-state index is 5.36. The van der Waals surface area contributed by atoms with E-state index in [4.69, 9.17) is 4.84 Å². The van der Waals surface area contributed by atoms with E-state index >= 15 is 0 Å². The van der Waals surface area contributed by atoms with Gasteiger partial charge in [0.25, 0.3) is 0 Å². The zero-order valence-corrected chi connectivity index (χ0v) is 14.3. The van der Waals surface area contributed by atoms with Crippen LogP contribution in [0.2, 0.25) is 0 Å². The number of likely N-dealkylation sites (tertiary alicyclic amines) is 1. The molecule has 2 rings (SSSR count). The quantitative estimate of drug-likeness (QED) is 0.223. The van der Waals surface area contributed by atoms with Crippen molar-refractivity contribution in [3.63, 3.8) is 0 Å². The van der Waals surface area contributed by atoms with Crippen molar-refractivity contribution in [2.24, 2.45) is 5.16 Å². The largest absolute Gasteiger partial charge is 1.00 e. The average Bonchev–Trinajstić information content (AvgIpc) is 2.65. The van der Waals surface area contributed by atoms with E-state index in [-0.39, 0.29) is 24.0 Å². The van der Waals surface area contributed by atoms with Gasteiger partial charge in [0.15, 0.2) is 6.61 Å². The lowest BCUT2D eigenvalue weighted by Gasteiger charge is -2.32. The van der Waals surface area contributed by atoms with E-state index in [0.29, 0.717) is 6.61 Å². The third-order valence-corrected chi connectivity index (χ3v) is 3.82. The highest BCUT2D eigenvalue weighted by Gasteiger charge is 2.22. The van der Waals surface area contributed by atoms with Crippen LogP contribution >= 0.6 is 0 Å². The van der Waals surface area contributed by atoms with Crippen molar-refractivity contribution in [1.29, 1.82) is 0 Å². The molecule has 0 amide bonds. The summed E-state index contributed by atoms with van der Waals surface area (Å²) in [5.41, 5.74) is 0.831. The summed E-state index contributed by atoms with van der Waals surface area (Å²) in [5, 5.41) is 3.98. The fraction of sp³-hybridized carbons (Fsp3) is 0.600. The first-order valence-electron chi connectivity index (χ1n) is 7.18. The summed E-state index contributed by atoms with van der Waals surface area (Å²) >= 11 is 0. The summed E-state index contributed by atoms with van der Waals surface area (Å²) in [6.45, 7) is 4.26. The minimum Gasteiger partial charge on any atom is -1.00 e. The monoisotopic (exact) mass is 389 g/mol. The van der Waals surface area contributed by atoms with Crippen molar-refractivity contribution >= 4 is 6.21 Å². The second-order valence-corrected chi connectivity index (χ2v) is 5.53. The van der Waals surface area contributed by atoms with Gasteiger partial charge < -0.3 is 33.3 Å². The van der Waals surface area contributed by atoms with Crippen LogP contribution in [0.25, 0.3) is 0 Å². The molecule has 1 aromatic rings. The minimum absolute atomic E-state index is 0. The van der Waals surface area contributed by atoms with Crippen LogP contribution in [-0.2, 0) is 4.84 Å². The number of hydrogen-bond acceptors (Lipinski definition) is 3. The standard InChI is InChI=1S/C15H24N3O.HI/c1-18(10-6-2-3-7-11-18)12-13-19-17-14-15-8-4-5-9-16-15;/h4-5,8-9,14H,2-3,6-7,10-13H2,1H3;1H/q+1;/p-1/b17-14+;. The zero-order chi connectivity index (χ0) is 13.4. The van der Waals surface area contributed by atoms with Gasteiger partial charge >= 0.3 is 0 Å². The summed E-state index contributed by atoms with van der Waals surface area (Å²) in [5.74, 6) is 0. The minimum atomic E-state index is 0. The molecule has 1 aliphatic rings. The molecule has 0 N–H and O–H groups in total. The molecule has 0 spiro atoms. The molecule has 1 aromatic heterocycles. The first-order chi connectivity index (χ1) is 9.29. The highest BCUT2D eigenvalue weighted by Crippen LogP contribution is 2.15. The van der Waals surface area contributed by atoms with Crippen LogP contribution < -0.4 is 24.0 Å². The highest BCUT2D eigenvalue weighted by molar-refractivity contribution is 5.76. The first kappa shape index (κ1) is 17.4. The Morgan fingerprint density at radius 2 is 2.00 bits per heavy atom. The van der Waals surface area contributed by atoms with Gasteiger partial charge in [-0.2, -0.15) is 0 Å². The van der Waals surface area contributed by atoms with Gasteiger partial charge in [-0.25, -0.2) is 0 Å². The fourth-order valence-electron chi connectivity index (χ4n) is 2.53. The van der Waals surface area contributed by atoms with Crippen molar-refractivity contribution in [2.45, 2.75) is 25.7 Å². The Hall–Kier alpha value is -0.690. The van der Waals surface area contributed by atoms with Crippen LogP contribution in [0.15, 0.2) is 29.6 Å². The molecule has 4 nitrogen and oxygen atoms in total. The maximum Gasteiger partial charge on any atom is 0.165 e. The van der Waals surface area contributed by atoms with Gasteiger partial charge in [-0.1, -0.05) is 11.2 Å². The molecule has 112 valence electrons. The van der Waals surface area contributed by atoms with Crippen LogP contribution in [0.4, 0.5) is 0 Å². The number of halogens is 1. The van der Waals surface area contributed by atoms with Crippen molar-refractivity contribution in [1.82, 2.24) is 4.98 Å². The molecule has 0 aliphatic carbocycles. The van der Waals surface area contributed by atoms with Gasteiger partial charge in [0.1, 0.15) is 6.54 Å². The number of hydrogen-bond donors (Lipinski definition) is 0. The molecule has 0 bridgehead atoms. The van der Waals surface area contributed by atoms with Gasteiger partial charge in [0.05, 0.1) is 32.0 Å². The van der Waals surface area contributed by atoms with E-state index < -0.39 is 0 Å². The van der Waals surface area contributed by atoms with E-state index in [0.717, 1.165) is 16.7 Å². The van der Waals surface area contributed by atoms with E-state index in [1.807, 2.05) is 18.2 Å². The van der Waals surface area contributed by atoms with E-state index in [1.54, 1.807) is 12.4 Å². The first-order valence-corrected chi connectivity index (χ1v) is 7.18. The highest BCUT2D eigenvalue weighted by atomic mass is 127.